The number of aromatic amines is 1. The number of hydrogen-bond acceptors (Lipinski definition) is 5. The van der Waals surface area contributed by atoms with Gasteiger partial charge in [0.15, 0.2) is 11.5 Å². The molecule has 0 aromatic carbocycles. The fourth-order valence-electron chi connectivity index (χ4n) is 4.33. The predicted molar refractivity (Wildman–Crippen MR) is 96.6 cm³/mol. The monoisotopic (exact) mass is 389 g/mol. The van der Waals surface area contributed by atoms with Crippen molar-refractivity contribution in [3.63, 3.8) is 0 Å². The van der Waals surface area contributed by atoms with Gasteiger partial charge in [0.2, 0.25) is 5.92 Å². The van der Waals surface area contributed by atoms with Crippen molar-refractivity contribution in [2.45, 2.75) is 69.2 Å². The lowest BCUT2D eigenvalue weighted by molar-refractivity contribution is -0.0446. The molecular formula is C19H21F2N5O2. The number of hydrogen-bond donors (Lipinski definition) is 1. The lowest BCUT2D eigenvalue weighted by Crippen LogP contribution is -2.28. The summed E-state index contributed by atoms with van der Waals surface area (Å²) in [4.78, 5) is 24.5. The molecule has 0 bridgehead atoms. The van der Waals surface area contributed by atoms with E-state index < -0.39 is 5.92 Å². The smallest absolute Gasteiger partial charge is 0.262 e. The molecule has 28 heavy (non-hydrogen) atoms. The highest BCUT2D eigenvalue weighted by Crippen LogP contribution is 2.47. The third kappa shape index (κ3) is 2.84. The summed E-state index contributed by atoms with van der Waals surface area (Å²) in [7, 11) is 0. The standard InChI is InChI=1S/C19H21F2N5O2/c1-10-8-22-18(28-10)13-3-2-12(13)15-24-16-14(17(27)25-15)9-23-26(16)11-4-6-19(20,21)7-5-11/h8-9,11-13H,2-7H2,1H3,(H,24,25,27)/t12-,13?/m0/s1. The lowest BCUT2D eigenvalue weighted by Gasteiger charge is -2.33. The molecule has 2 aliphatic carbocycles. The molecule has 5 rings (SSSR count). The van der Waals surface area contributed by atoms with Gasteiger partial charge in [0, 0.05) is 24.7 Å². The summed E-state index contributed by atoms with van der Waals surface area (Å²) in [6, 6.07) is -0.161. The van der Waals surface area contributed by atoms with Gasteiger partial charge in [0.05, 0.1) is 18.4 Å². The number of aromatic nitrogens is 5. The molecule has 2 aliphatic rings. The molecule has 2 fully saturated rings. The molecule has 0 amide bonds. The minimum Gasteiger partial charge on any atom is -0.446 e. The van der Waals surface area contributed by atoms with Crippen molar-refractivity contribution in [3.05, 3.63) is 40.2 Å². The topological polar surface area (TPSA) is 89.6 Å². The molecule has 3 aromatic heterocycles. The van der Waals surface area contributed by atoms with E-state index in [2.05, 4.69) is 15.1 Å². The first-order valence-corrected chi connectivity index (χ1v) is 9.69. The summed E-state index contributed by atoms with van der Waals surface area (Å²) < 4.78 is 34.3. The molecule has 3 heterocycles. The average molecular weight is 389 g/mol. The third-order valence-corrected chi connectivity index (χ3v) is 6.10. The number of halogens is 2. The molecule has 0 aliphatic heterocycles. The number of nitrogens with zero attached hydrogens (tertiary/aromatic N) is 4. The number of aryl methyl sites for hydroxylation is 1. The summed E-state index contributed by atoms with van der Waals surface area (Å²) in [5.41, 5.74) is 0.227. The molecule has 1 unspecified atom stereocenters. The first kappa shape index (κ1) is 17.5. The first-order valence-electron chi connectivity index (χ1n) is 9.69. The maximum atomic E-state index is 13.5. The van der Waals surface area contributed by atoms with Gasteiger partial charge in [-0.2, -0.15) is 5.10 Å². The van der Waals surface area contributed by atoms with Crippen molar-refractivity contribution in [2.24, 2.45) is 0 Å². The highest BCUT2D eigenvalue weighted by molar-refractivity contribution is 5.73. The van der Waals surface area contributed by atoms with Gasteiger partial charge in [-0.05, 0) is 32.6 Å². The summed E-state index contributed by atoms with van der Waals surface area (Å²) in [5.74, 6) is -0.493. The Morgan fingerprint density at radius 1 is 1.18 bits per heavy atom. The van der Waals surface area contributed by atoms with Gasteiger partial charge in [-0.25, -0.2) is 23.4 Å². The fraction of sp³-hybridized carbons (Fsp3) is 0.579. The van der Waals surface area contributed by atoms with Gasteiger partial charge in [-0.15, -0.1) is 0 Å². The van der Waals surface area contributed by atoms with Crippen LogP contribution in [-0.4, -0.2) is 30.7 Å². The Bertz CT molecular complexity index is 1080. The largest absolute Gasteiger partial charge is 0.446 e. The Balaban J connectivity index is 1.49. The number of nitrogens with one attached hydrogen (secondary N) is 1. The molecule has 2 saturated carbocycles. The van der Waals surface area contributed by atoms with Crippen molar-refractivity contribution in [3.8, 4) is 0 Å². The van der Waals surface area contributed by atoms with Gasteiger partial charge >= 0.3 is 0 Å². The van der Waals surface area contributed by atoms with E-state index in [9.17, 15) is 13.6 Å². The zero-order chi connectivity index (χ0) is 19.5. The molecule has 7 nitrogen and oxygen atoms in total. The van der Waals surface area contributed by atoms with Crippen molar-refractivity contribution in [1.29, 1.82) is 0 Å². The Morgan fingerprint density at radius 3 is 2.57 bits per heavy atom. The molecule has 0 saturated heterocycles. The SMILES string of the molecule is Cc1cnc(C2CC[C@@H]2c2nc3c(cnn3C3CCC(F)(F)CC3)c(=O)[nH]2)o1. The van der Waals surface area contributed by atoms with Crippen LogP contribution in [0.4, 0.5) is 8.78 Å². The molecule has 0 spiro atoms. The van der Waals surface area contributed by atoms with Crippen molar-refractivity contribution in [1.82, 2.24) is 24.7 Å². The van der Waals surface area contributed by atoms with Crippen LogP contribution >= 0.6 is 0 Å². The highest BCUT2D eigenvalue weighted by atomic mass is 19.3. The van der Waals surface area contributed by atoms with Crippen molar-refractivity contribution >= 4 is 11.0 Å². The van der Waals surface area contributed by atoms with Crippen LogP contribution in [0.25, 0.3) is 11.0 Å². The molecular weight excluding hydrogens is 368 g/mol. The van der Waals surface area contributed by atoms with E-state index in [0.29, 0.717) is 35.6 Å². The fourth-order valence-corrected chi connectivity index (χ4v) is 4.33. The maximum Gasteiger partial charge on any atom is 0.262 e. The van der Waals surface area contributed by atoms with E-state index in [-0.39, 0.29) is 36.3 Å². The maximum absolute atomic E-state index is 13.5. The van der Waals surface area contributed by atoms with Gasteiger partial charge in [0.1, 0.15) is 17.0 Å². The van der Waals surface area contributed by atoms with Crippen LogP contribution in [-0.2, 0) is 0 Å². The van der Waals surface area contributed by atoms with Crippen LogP contribution in [0, 0.1) is 6.92 Å². The zero-order valence-electron chi connectivity index (χ0n) is 15.5. The van der Waals surface area contributed by atoms with Crippen LogP contribution in [0.5, 0.6) is 0 Å². The summed E-state index contributed by atoms with van der Waals surface area (Å²) in [6.45, 7) is 1.85. The Morgan fingerprint density at radius 2 is 1.93 bits per heavy atom. The summed E-state index contributed by atoms with van der Waals surface area (Å²) in [6.07, 6.45) is 5.30. The minimum absolute atomic E-state index is 0.0224. The van der Waals surface area contributed by atoms with E-state index in [1.807, 2.05) is 6.92 Å². The van der Waals surface area contributed by atoms with Crippen LogP contribution < -0.4 is 5.56 Å². The van der Waals surface area contributed by atoms with E-state index in [0.717, 1.165) is 18.6 Å². The Hall–Kier alpha value is -2.58. The summed E-state index contributed by atoms with van der Waals surface area (Å²) in [5, 5.41) is 4.70. The number of alkyl halides is 2. The summed E-state index contributed by atoms with van der Waals surface area (Å²) >= 11 is 0. The molecule has 3 aromatic rings. The minimum atomic E-state index is -2.61. The van der Waals surface area contributed by atoms with Crippen molar-refractivity contribution in [2.75, 3.05) is 0 Å². The number of oxazole rings is 1. The second-order valence-corrected chi connectivity index (χ2v) is 7.96. The van der Waals surface area contributed by atoms with Gasteiger partial charge in [-0.1, -0.05) is 0 Å². The van der Waals surface area contributed by atoms with Crippen LogP contribution in [0.2, 0.25) is 0 Å². The Labute approximate surface area is 159 Å². The average Bonchev–Trinajstić information content (AvgIpc) is 3.21. The number of rotatable bonds is 3. The van der Waals surface area contributed by atoms with Gasteiger partial charge in [-0.3, -0.25) is 4.79 Å². The van der Waals surface area contributed by atoms with Crippen molar-refractivity contribution < 1.29 is 13.2 Å². The molecule has 9 heteroatoms. The van der Waals surface area contributed by atoms with E-state index >= 15 is 0 Å². The second-order valence-electron chi connectivity index (χ2n) is 7.96. The van der Waals surface area contributed by atoms with Crippen LogP contribution in [0.1, 0.15) is 73.9 Å². The van der Waals surface area contributed by atoms with E-state index in [1.54, 1.807) is 10.9 Å². The molecule has 0 radical (unpaired) electrons. The van der Waals surface area contributed by atoms with Gasteiger partial charge < -0.3 is 9.40 Å². The Kier molecular flexibility index (Phi) is 3.89. The van der Waals surface area contributed by atoms with Gasteiger partial charge in [0.25, 0.3) is 5.56 Å². The van der Waals surface area contributed by atoms with E-state index in [4.69, 9.17) is 9.40 Å². The van der Waals surface area contributed by atoms with Crippen LogP contribution in [0.15, 0.2) is 21.6 Å². The molecule has 148 valence electrons. The van der Waals surface area contributed by atoms with E-state index in [1.165, 1.54) is 6.20 Å². The number of fused-ring (bicyclic) bond motifs is 1. The zero-order valence-corrected chi connectivity index (χ0v) is 15.5. The molecule has 2 atom stereocenters. The van der Waals surface area contributed by atoms with Crippen LogP contribution in [0.3, 0.4) is 0 Å². The second kappa shape index (κ2) is 6.22. The number of H-pyrrole nitrogens is 1. The quantitative estimate of drug-likeness (QED) is 0.735. The lowest BCUT2D eigenvalue weighted by atomic mass is 9.73. The predicted octanol–water partition coefficient (Wildman–Crippen LogP) is 3.83. The molecule has 1 N–H and O–H groups in total. The highest BCUT2D eigenvalue weighted by Gasteiger charge is 2.39. The first-order chi connectivity index (χ1) is 13.4. The normalized spacial score (nSPS) is 25.1. The third-order valence-electron chi connectivity index (χ3n) is 6.10.